The van der Waals surface area contributed by atoms with Crippen LogP contribution in [0.4, 0.5) is 45.5 Å². The molecule has 0 atom stereocenters. The van der Waals surface area contributed by atoms with Crippen molar-refractivity contribution in [2.24, 2.45) is 14.1 Å². The molecule has 0 saturated heterocycles. The average molecular weight is 1930 g/mol. The lowest BCUT2D eigenvalue weighted by Gasteiger charge is -2.27. The number of nitrogens with one attached hydrogen (secondary N) is 1. The number of terminal acetylenes is 1. The van der Waals surface area contributed by atoms with E-state index in [1.165, 1.54) is 0 Å². The third kappa shape index (κ3) is 23.5. The fourth-order valence-electron chi connectivity index (χ4n) is 15.9. The minimum Gasteiger partial charge on any atom is -0.497 e. The molecule has 8 aromatic carbocycles. The Balaban J connectivity index is 0.000000138. The number of rotatable bonds is 32. The maximum Gasteiger partial charge on any atom is 0.155 e. The molecule has 0 aliphatic rings. The molecule has 732 valence electrons. The molecule has 2 N–H and O–H groups in total. The van der Waals surface area contributed by atoms with Gasteiger partial charge in [-0.1, -0.05) is 25.7 Å². The van der Waals surface area contributed by atoms with Gasteiger partial charge in [0, 0.05) is 223 Å². The highest BCUT2D eigenvalue weighted by atomic mass is 16.5. The Bertz CT molecular complexity index is 7710. The van der Waals surface area contributed by atoms with Gasteiger partial charge in [-0.05, 0) is 131 Å². The maximum atomic E-state index is 9.77. The quantitative estimate of drug-likeness (QED) is 0.0370. The number of hydrogen-bond donors (Lipinski definition) is 2. The smallest absolute Gasteiger partial charge is 0.155 e. The van der Waals surface area contributed by atoms with E-state index < -0.39 is 0 Å². The lowest BCUT2D eigenvalue weighted by atomic mass is 10.1. The van der Waals surface area contributed by atoms with Crippen LogP contribution in [0, 0.1) is 24.2 Å². The zero-order chi connectivity index (χ0) is 101. The first-order chi connectivity index (χ1) is 70.0. The molecular formula is C110H111N23O11. The SMILES string of the molecule is C#CCN(c1cc(OC)cc(OC)c1)c1ccc2ncc(-c3cnn(C(C)C)c3)nc2c1.COc1cc(OC)cc(N(CC#Cc2ncccc2OC)c2ccc3ncc(-c4cnn(C(C)C)c4)nc3c2)c1.COc1cc(OC)cc(N(CCNC(C)C)c2ccc3ncc(-c4cnn(C)c4CO)nc3c2)c1.COc1cc(OC)cc(N(Cc2cc3ncccc3o2)c2ccc3ncc(-c4cnn(C)c4)nc3c2)c1. The van der Waals surface area contributed by atoms with Gasteiger partial charge in [-0.15, -0.1) is 6.42 Å². The molecule has 11 aromatic heterocycles. The van der Waals surface area contributed by atoms with E-state index in [0.717, 1.165) is 170 Å². The molecule has 0 spiro atoms. The maximum absolute atomic E-state index is 9.77. The Morgan fingerprint density at radius 1 is 0.389 bits per heavy atom. The van der Waals surface area contributed by atoms with E-state index in [9.17, 15) is 5.11 Å². The number of fused-ring (bicyclic) bond motifs is 5. The van der Waals surface area contributed by atoms with Gasteiger partial charge in [0.15, 0.2) is 17.0 Å². The molecule has 0 aliphatic heterocycles. The summed E-state index contributed by atoms with van der Waals surface area (Å²) in [4.78, 5) is 55.1. The van der Waals surface area contributed by atoms with Gasteiger partial charge in [0.25, 0.3) is 0 Å². The summed E-state index contributed by atoms with van der Waals surface area (Å²) in [5, 5.41) is 30.6. The minimum absolute atomic E-state index is 0.125. The van der Waals surface area contributed by atoms with Gasteiger partial charge in [0.1, 0.15) is 57.3 Å². The van der Waals surface area contributed by atoms with Gasteiger partial charge in [-0.3, -0.25) is 43.6 Å². The lowest BCUT2D eigenvalue weighted by molar-refractivity contribution is 0.271. The van der Waals surface area contributed by atoms with Crippen molar-refractivity contribution >= 4 is 101 Å². The zero-order valence-corrected chi connectivity index (χ0v) is 83.2. The molecular weight excluding hydrogens is 1820 g/mol. The summed E-state index contributed by atoms with van der Waals surface area (Å²) in [6, 6.07) is 57.3. The van der Waals surface area contributed by atoms with Gasteiger partial charge in [0.2, 0.25) is 0 Å². The van der Waals surface area contributed by atoms with E-state index in [-0.39, 0.29) is 18.7 Å². The summed E-state index contributed by atoms with van der Waals surface area (Å²) in [5.41, 5.74) is 22.7. The van der Waals surface area contributed by atoms with E-state index in [4.69, 9.17) is 73.4 Å². The lowest BCUT2D eigenvalue weighted by Crippen LogP contribution is -2.32. The summed E-state index contributed by atoms with van der Waals surface area (Å²) >= 11 is 0. The highest BCUT2D eigenvalue weighted by Gasteiger charge is 2.24. The summed E-state index contributed by atoms with van der Waals surface area (Å²) in [6.07, 6.45) is 29.2. The van der Waals surface area contributed by atoms with Gasteiger partial charge >= 0.3 is 0 Å². The molecule has 0 amide bonds. The van der Waals surface area contributed by atoms with Crippen molar-refractivity contribution in [2.45, 2.75) is 72.8 Å². The topological polar surface area (TPSA) is 342 Å². The van der Waals surface area contributed by atoms with E-state index >= 15 is 0 Å². The van der Waals surface area contributed by atoms with Crippen LogP contribution in [-0.4, -0.2) is 190 Å². The fourth-order valence-corrected chi connectivity index (χ4v) is 15.9. The number of pyridine rings is 2. The monoisotopic (exact) mass is 1930 g/mol. The molecule has 19 aromatic rings. The van der Waals surface area contributed by atoms with Crippen LogP contribution in [0.25, 0.3) is 100 Å². The van der Waals surface area contributed by atoms with Crippen LogP contribution in [-0.2, 0) is 27.2 Å². The van der Waals surface area contributed by atoms with Crippen LogP contribution in [0.15, 0.2) is 261 Å². The number of anilines is 8. The molecule has 0 fully saturated rings. The molecule has 0 saturated carbocycles. The van der Waals surface area contributed by atoms with Gasteiger partial charge in [-0.25, -0.2) is 24.9 Å². The largest absolute Gasteiger partial charge is 0.497 e. The molecule has 0 bridgehead atoms. The second kappa shape index (κ2) is 45.9. The van der Waals surface area contributed by atoms with Crippen molar-refractivity contribution in [3.05, 3.63) is 274 Å². The van der Waals surface area contributed by atoms with Gasteiger partial charge < -0.3 is 77.1 Å². The van der Waals surface area contributed by atoms with Crippen LogP contribution < -0.4 is 67.5 Å². The van der Waals surface area contributed by atoms with E-state index in [2.05, 4.69) is 130 Å². The number of ether oxygens (including phenoxy) is 9. The van der Waals surface area contributed by atoms with Gasteiger partial charge in [-0.2, -0.15) is 20.4 Å². The second-order valence-corrected chi connectivity index (χ2v) is 34.0. The highest BCUT2D eigenvalue weighted by Crippen LogP contribution is 2.42. The Labute approximate surface area is 833 Å². The predicted molar refractivity (Wildman–Crippen MR) is 560 cm³/mol. The fraction of sp³-hybridized carbons (Fsp3) is 0.236. The molecule has 144 heavy (non-hydrogen) atoms. The number of nitrogens with zero attached hydrogens (tertiary/aromatic N) is 22. The van der Waals surface area contributed by atoms with Crippen molar-refractivity contribution in [3.8, 4) is 121 Å². The van der Waals surface area contributed by atoms with Crippen molar-refractivity contribution in [3.63, 3.8) is 0 Å². The summed E-state index contributed by atoms with van der Waals surface area (Å²) in [5.74, 6) is 16.0. The average Bonchev–Trinajstić information content (AvgIpc) is 1.53. The molecule has 34 nitrogen and oxygen atoms in total. The van der Waals surface area contributed by atoms with Crippen molar-refractivity contribution in [1.82, 2.24) is 94.3 Å². The number of benzene rings is 8. The number of hydrogen-bond acceptors (Lipinski definition) is 30. The third-order valence-electron chi connectivity index (χ3n) is 23.5. The highest BCUT2D eigenvalue weighted by molar-refractivity contribution is 5.88. The molecule has 34 heteroatoms. The van der Waals surface area contributed by atoms with E-state index in [1.54, 1.807) is 130 Å². The van der Waals surface area contributed by atoms with E-state index in [0.29, 0.717) is 83.0 Å². The van der Waals surface area contributed by atoms with E-state index in [1.807, 2.05) is 228 Å². The number of aryl methyl sites for hydroxylation is 2. The Hall–Kier alpha value is -17.8. The summed E-state index contributed by atoms with van der Waals surface area (Å²) in [6.45, 7) is 15.2. The van der Waals surface area contributed by atoms with Crippen molar-refractivity contribution in [2.75, 3.05) is 110 Å². The predicted octanol–water partition coefficient (Wildman–Crippen LogP) is 19.8. The number of aromatic nitrogens is 18. The minimum atomic E-state index is -0.125. The first-order valence-corrected chi connectivity index (χ1v) is 46.3. The van der Waals surface area contributed by atoms with Crippen LogP contribution in [0.3, 0.4) is 0 Å². The molecule has 0 radical (unpaired) electrons. The Morgan fingerprint density at radius 2 is 0.792 bits per heavy atom. The van der Waals surface area contributed by atoms with Crippen LogP contribution >= 0.6 is 0 Å². The van der Waals surface area contributed by atoms with Crippen LogP contribution in [0.2, 0.25) is 0 Å². The van der Waals surface area contributed by atoms with Crippen molar-refractivity contribution < 1.29 is 52.2 Å². The Kier molecular flexibility index (Phi) is 31.6. The summed E-state index contributed by atoms with van der Waals surface area (Å²) < 4.78 is 62.8. The Morgan fingerprint density at radius 3 is 1.20 bits per heavy atom. The standard InChI is InChI=1S/C31H30N6O3.C28H24N6O3.C26H32N6O3.C25H25N5O2/c1-21(2)37-20-22(18-34-37)30-19-33-27-11-10-23(16-29(27)35-30)36(24-14-25(38-3)17-26(15-24)39-4)13-7-8-28-31(40-5)9-6-12-32-28;1-33-16-18(14-31-33)27-15-30-24-7-6-19(11-25(24)32-27)34(20-9-21(35-2)12-22(10-20)36-3)17-23-13-26-28(37-23)5-4-8-29-26;1-17(2)27-8-9-32(19-10-20(34-4)13-21(11-19)35-5)18-6-7-23-24(12-18)30-25(15-28-23)22-14-29-31(3)26(22)16-33;1-6-9-29(20-10-21(31-4)13-22(11-20)32-5)19-7-8-23-24(12-19)28-25(15-26-23)18-14-27-30(16-18)17(2)3/h6,9-12,14-21H,13H2,1-5H3;4-16H,17H2,1-3H3;6-7,10-15,17,27,33H,8-9,16H2,1-5H3;1,7-8,10-17H,9H2,2-5H3. The molecule has 19 rings (SSSR count). The van der Waals surface area contributed by atoms with Crippen LogP contribution in [0.5, 0.6) is 51.7 Å². The summed E-state index contributed by atoms with van der Waals surface area (Å²) in [7, 11) is 18.4. The zero-order valence-electron chi connectivity index (χ0n) is 83.2. The first kappa shape index (κ1) is 99.3. The first-order valence-electron chi connectivity index (χ1n) is 46.3. The molecule has 0 aliphatic carbocycles. The normalized spacial score (nSPS) is 11.0. The van der Waals surface area contributed by atoms with Crippen molar-refractivity contribution in [1.29, 1.82) is 0 Å². The molecule has 11 heterocycles. The third-order valence-corrected chi connectivity index (χ3v) is 23.5. The number of aliphatic hydroxyl groups excluding tert-OH is 1. The number of furan rings is 1. The number of methoxy groups -OCH3 is 9. The van der Waals surface area contributed by atoms with Gasteiger partial charge in [0.05, 0.1) is 212 Å². The van der Waals surface area contributed by atoms with Crippen LogP contribution in [0.1, 0.15) is 70.8 Å². The number of aliphatic hydroxyl groups is 1. The second-order valence-electron chi connectivity index (χ2n) is 34.0. The molecule has 0 unspecified atom stereocenters.